The van der Waals surface area contributed by atoms with Crippen LogP contribution in [0.4, 0.5) is 0 Å². The molecule has 0 aromatic carbocycles. The molecule has 4 atom stereocenters. The number of aliphatic hydroxyl groups is 1. The predicted molar refractivity (Wildman–Crippen MR) is 74.1 cm³/mol. The summed E-state index contributed by atoms with van der Waals surface area (Å²) in [5.41, 5.74) is -0.0740. The van der Waals surface area contributed by atoms with E-state index in [0.29, 0.717) is 5.92 Å². The van der Waals surface area contributed by atoms with E-state index in [1.807, 2.05) is 0 Å². The van der Waals surface area contributed by atoms with Crippen LogP contribution in [0.1, 0.15) is 59.3 Å². The van der Waals surface area contributed by atoms with Crippen molar-refractivity contribution in [3.05, 3.63) is 0 Å². The first-order valence-corrected chi connectivity index (χ1v) is 7.32. The van der Waals surface area contributed by atoms with Crippen molar-refractivity contribution in [2.45, 2.75) is 70.9 Å². The molecule has 4 unspecified atom stereocenters. The van der Waals surface area contributed by atoms with Crippen LogP contribution >= 0.6 is 0 Å². The molecule has 0 spiro atoms. The minimum Gasteiger partial charge on any atom is -0.391 e. The Morgan fingerprint density at radius 2 is 1.82 bits per heavy atom. The molecule has 2 heteroatoms. The van der Waals surface area contributed by atoms with Crippen molar-refractivity contribution in [1.82, 2.24) is 4.90 Å². The van der Waals surface area contributed by atoms with Crippen molar-refractivity contribution in [3.8, 4) is 0 Å². The Bertz CT molecular complexity index is 229. The van der Waals surface area contributed by atoms with Gasteiger partial charge in [0.15, 0.2) is 0 Å². The van der Waals surface area contributed by atoms with Gasteiger partial charge in [-0.05, 0) is 45.7 Å². The maximum Gasteiger partial charge on any atom is 0.0751 e. The van der Waals surface area contributed by atoms with Crippen LogP contribution in [0.15, 0.2) is 0 Å². The highest BCUT2D eigenvalue weighted by atomic mass is 16.3. The zero-order chi connectivity index (χ0) is 13.1. The quantitative estimate of drug-likeness (QED) is 0.798. The fourth-order valence-electron chi connectivity index (χ4n) is 3.41. The molecule has 1 aliphatic carbocycles. The van der Waals surface area contributed by atoms with Gasteiger partial charge in [-0.3, -0.25) is 0 Å². The first-order valence-electron chi connectivity index (χ1n) is 7.32. The van der Waals surface area contributed by atoms with Crippen molar-refractivity contribution in [3.63, 3.8) is 0 Å². The molecular formula is C15H31NO. The van der Waals surface area contributed by atoms with Gasteiger partial charge in [0.05, 0.1) is 6.10 Å². The summed E-state index contributed by atoms with van der Waals surface area (Å²) >= 11 is 0. The summed E-state index contributed by atoms with van der Waals surface area (Å²) < 4.78 is 0. The molecular weight excluding hydrogens is 210 g/mol. The fourth-order valence-corrected chi connectivity index (χ4v) is 3.41. The lowest BCUT2D eigenvalue weighted by molar-refractivity contribution is -0.0607. The minimum absolute atomic E-state index is 0.0740. The fraction of sp³-hybridized carbons (Fsp3) is 1.00. The smallest absolute Gasteiger partial charge is 0.0751 e. The largest absolute Gasteiger partial charge is 0.391 e. The molecule has 1 N–H and O–H groups in total. The van der Waals surface area contributed by atoms with Crippen molar-refractivity contribution < 1.29 is 5.11 Å². The van der Waals surface area contributed by atoms with Gasteiger partial charge in [0, 0.05) is 5.54 Å². The number of hydrogen-bond donors (Lipinski definition) is 1. The minimum atomic E-state index is -0.187. The monoisotopic (exact) mass is 241 g/mol. The summed E-state index contributed by atoms with van der Waals surface area (Å²) in [6, 6.07) is 0. The van der Waals surface area contributed by atoms with Gasteiger partial charge in [-0.15, -0.1) is 0 Å². The van der Waals surface area contributed by atoms with Gasteiger partial charge in [-0.25, -0.2) is 0 Å². The highest BCUT2D eigenvalue weighted by Crippen LogP contribution is 2.39. The van der Waals surface area contributed by atoms with Gasteiger partial charge in [0.1, 0.15) is 0 Å². The maximum absolute atomic E-state index is 10.8. The van der Waals surface area contributed by atoms with E-state index in [-0.39, 0.29) is 11.6 Å². The Morgan fingerprint density at radius 1 is 1.24 bits per heavy atom. The van der Waals surface area contributed by atoms with E-state index < -0.39 is 0 Å². The summed E-state index contributed by atoms with van der Waals surface area (Å²) in [6.45, 7) is 6.67. The van der Waals surface area contributed by atoms with Crippen LogP contribution in [-0.2, 0) is 0 Å². The lowest BCUT2D eigenvalue weighted by Crippen LogP contribution is -2.55. The van der Waals surface area contributed by atoms with Gasteiger partial charge < -0.3 is 10.0 Å². The third kappa shape index (κ3) is 3.03. The van der Waals surface area contributed by atoms with Crippen molar-refractivity contribution in [1.29, 1.82) is 0 Å². The van der Waals surface area contributed by atoms with E-state index in [1.165, 1.54) is 32.1 Å². The molecule has 1 saturated carbocycles. The van der Waals surface area contributed by atoms with Crippen LogP contribution in [0.2, 0.25) is 0 Å². The summed E-state index contributed by atoms with van der Waals surface area (Å²) in [4.78, 5) is 2.21. The molecule has 0 aromatic heterocycles. The van der Waals surface area contributed by atoms with Crippen LogP contribution in [0.3, 0.4) is 0 Å². The zero-order valence-electron chi connectivity index (χ0n) is 12.4. The topological polar surface area (TPSA) is 23.5 Å². The summed E-state index contributed by atoms with van der Waals surface area (Å²) in [5, 5.41) is 10.8. The first kappa shape index (κ1) is 15.0. The molecule has 1 fully saturated rings. The second kappa shape index (κ2) is 6.19. The van der Waals surface area contributed by atoms with E-state index in [4.69, 9.17) is 0 Å². The van der Waals surface area contributed by atoms with Gasteiger partial charge in [0.2, 0.25) is 0 Å². The Labute approximate surface area is 107 Å². The predicted octanol–water partition coefficient (Wildman–Crippen LogP) is 3.29. The Balaban J connectivity index is 2.81. The lowest BCUT2D eigenvalue weighted by atomic mass is 9.69. The molecule has 102 valence electrons. The SMILES string of the molecule is CCC1CCCCC1C(O)C(C)(CC)N(C)C. The number of hydrogen-bond acceptors (Lipinski definition) is 2. The first-order chi connectivity index (χ1) is 7.97. The molecule has 0 aliphatic heterocycles. The third-order valence-electron chi connectivity index (χ3n) is 5.27. The number of likely N-dealkylation sites (N-methyl/N-ethyl adjacent to an activating group) is 1. The zero-order valence-corrected chi connectivity index (χ0v) is 12.4. The molecule has 0 saturated heterocycles. The second-order valence-electron chi connectivity index (χ2n) is 6.17. The normalized spacial score (nSPS) is 31.2. The van der Waals surface area contributed by atoms with E-state index in [1.54, 1.807) is 0 Å². The highest BCUT2D eigenvalue weighted by Gasteiger charge is 2.41. The summed E-state index contributed by atoms with van der Waals surface area (Å²) in [6.07, 6.45) is 7.21. The van der Waals surface area contributed by atoms with E-state index in [2.05, 4.69) is 39.8 Å². The average molecular weight is 241 g/mol. The highest BCUT2D eigenvalue weighted by molar-refractivity contribution is 4.95. The molecule has 1 aliphatic rings. The average Bonchev–Trinajstić information content (AvgIpc) is 2.36. The number of nitrogens with zero attached hydrogens (tertiary/aromatic N) is 1. The van der Waals surface area contributed by atoms with Crippen molar-refractivity contribution in [2.24, 2.45) is 11.8 Å². The van der Waals surface area contributed by atoms with Crippen LogP contribution in [0.25, 0.3) is 0 Å². The molecule has 0 heterocycles. The molecule has 2 nitrogen and oxygen atoms in total. The standard InChI is InChI=1S/C15H31NO/c1-6-12-10-8-9-11-13(12)14(17)15(3,7-2)16(4)5/h12-14,17H,6-11H2,1-5H3. The molecule has 1 rings (SSSR count). The molecule has 0 radical (unpaired) electrons. The second-order valence-corrected chi connectivity index (χ2v) is 6.17. The van der Waals surface area contributed by atoms with E-state index >= 15 is 0 Å². The summed E-state index contributed by atoms with van der Waals surface area (Å²) in [7, 11) is 4.19. The Hall–Kier alpha value is -0.0800. The van der Waals surface area contributed by atoms with Gasteiger partial charge in [-0.2, -0.15) is 0 Å². The number of rotatable bonds is 5. The molecule has 0 bridgehead atoms. The third-order valence-corrected chi connectivity index (χ3v) is 5.27. The van der Waals surface area contributed by atoms with E-state index in [9.17, 15) is 5.11 Å². The van der Waals surface area contributed by atoms with Gasteiger partial charge >= 0.3 is 0 Å². The maximum atomic E-state index is 10.8. The Kier molecular flexibility index (Phi) is 5.46. The Morgan fingerprint density at radius 3 is 2.29 bits per heavy atom. The van der Waals surface area contributed by atoms with Crippen LogP contribution in [0, 0.1) is 11.8 Å². The van der Waals surface area contributed by atoms with Crippen LogP contribution < -0.4 is 0 Å². The molecule has 17 heavy (non-hydrogen) atoms. The van der Waals surface area contributed by atoms with E-state index in [0.717, 1.165) is 12.3 Å². The summed E-state index contributed by atoms with van der Waals surface area (Å²) in [5.74, 6) is 1.23. The van der Waals surface area contributed by atoms with Crippen molar-refractivity contribution >= 4 is 0 Å². The van der Waals surface area contributed by atoms with Gasteiger partial charge in [-0.1, -0.05) is 39.5 Å². The van der Waals surface area contributed by atoms with Gasteiger partial charge in [0.25, 0.3) is 0 Å². The van der Waals surface area contributed by atoms with Crippen LogP contribution in [-0.4, -0.2) is 35.7 Å². The van der Waals surface area contributed by atoms with Crippen LogP contribution in [0.5, 0.6) is 0 Å². The molecule has 0 amide bonds. The van der Waals surface area contributed by atoms with Crippen molar-refractivity contribution in [2.75, 3.05) is 14.1 Å². The lowest BCUT2D eigenvalue weighted by Gasteiger charge is -2.46. The molecule has 0 aromatic rings. The number of aliphatic hydroxyl groups excluding tert-OH is 1.